The minimum absolute atomic E-state index is 0.0271. The summed E-state index contributed by atoms with van der Waals surface area (Å²) in [5.74, 6) is 0.346. The lowest BCUT2D eigenvalue weighted by Gasteiger charge is -2.16. The highest BCUT2D eigenvalue weighted by atomic mass is 35.5. The molecule has 0 radical (unpaired) electrons. The van der Waals surface area contributed by atoms with E-state index >= 15 is 0 Å². The van der Waals surface area contributed by atoms with Crippen molar-refractivity contribution in [3.05, 3.63) is 46.4 Å². The smallest absolute Gasteiger partial charge is 0.184 e. The highest BCUT2D eigenvalue weighted by Gasteiger charge is 2.38. The van der Waals surface area contributed by atoms with Gasteiger partial charge in [0, 0.05) is 22.5 Å². The first-order valence-corrected chi connectivity index (χ1v) is 8.42. The molecule has 0 spiro atoms. The molecule has 5 heteroatoms. The lowest BCUT2D eigenvalue weighted by molar-refractivity contribution is 0.0963. The van der Waals surface area contributed by atoms with Crippen LogP contribution >= 0.6 is 11.6 Å². The second-order valence-corrected chi connectivity index (χ2v) is 7.58. The number of carbonyl (C=O) groups is 1. The third kappa shape index (κ3) is 2.49. The summed E-state index contributed by atoms with van der Waals surface area (Å²) >= 11 is 5.92. The van der Waals surface area contributed by atoms with Crippen molar-refractivity contribution in [2.45, 2.75) is 32.1 Å². The van der Waals surface area contributed by atoms with Crippen molar-refractivity contribution >= 4 is 17.4 Å². The van der Waals surface area contributed by atoms with Gasteiger partial charge in [-0.05, 0) is 37.1 Å². The molecule has 1 saturated carbocycles. The molecule has 0 N–H and O–H groups in total. The Balaban J connectivity index is 1.92. The normalized spacial score (nSPS) is 18.2. The Morgan fingerprint density at radius 1 is 1.33 bits per heavy atom. The van der Waals surface area contributed by atoms with Crippen LogP contribution in [-0.4, -0.2) is 17.4 Å². The van der Waals surface area contributed by atoms with Crippen molar-refractivity contribution in [1.82, 2.24) is 4.98 Å². The molecule has 1 aromatic heterocycles. The van der Waals surface area contributed by atoms with E-state index in [0.717, 1.165) is 18.4 Å². The van der Waals surface area contributed by atoms with Crippen LogP contribution < -0.4 is 4.74 Å². The van der Waals surface area contributed by atoms with Gasteiger partial charge in [0.15, 0.2) is 5.78 Å². The molecule has 2 heterocycles. The molecule has 3 nitrogen and oxygen atoms in total. The number of aromatic nitrogens is 1. The fourth-order valence-corrected chi connectivity index (χ4v) is 3.21. The quantitative estimate of drug-likeness (QED) is 0.750. The molecule has 0 saturated heterocycles. The maximum atomic E-state index is 13.5. The number of carbonyl (C=O) groups excluding carboxylic acids is 1. The Morgan fingerprint density at radius 3 is 2.75 bits per heavy atom. The Bertz CT molecular complexity index is 859. The van der Waals surface area contributed by atoms with E-state index in [1.54, 1.807) is 6.07 Å². The molecule has 2 aliphatic rings. The fourth-order valence-electron chi connectivity index (χ4n) is 3.03. The molecule has 1 aliphatic heterocycles. The van der Waals surface area contributed by atoms with E-state index in [2.05, 4.69) is 18.8 Å². The van der Waals surface area contributed by atoms with Crippen molar-refractivity contribution < 1.29 is 13.9 Å². The summed E-state index contributed by atoms with van der Waals surface area (Å²) in [6, 6.07) is 6.31. The number of hydrogen-bond acceptors (Lipinski definition) is 3. The van der Waals surface area contributed by atoms with Gasteiger partial charge in [0.1, 0.15) is 23.0 Å². The number of halogens is 2. The molecular weight excluding hydrogens is 329 g/mol. The van der Waals surface area contributed by atoms with Gasteiger partial charge < -0.3 is 4.74 Å². The van der Waals surface area contributed by atoms with Crippen LogP contribution in [0.3, 0.4) is 0 Å². The summed E-state index contributed by atoms with van der Waals surface area (Å²) in [6.07, 6.45) is 1.85. The molecule has 1 fully saturated rings. The van der Waals surface area contributed by atoms with Gasteiger partial charge in [-0.25, -0.2) is 9.37 Å². The van der Waals surface area contributed by atoms with Crippen LogP contribution in [-0.2, 0) is 5.41 Å². The first-order chi connectivity index (χ1) is 11.4. The molecule has 0 bridgehead atoms. The second kappa shape index (κ2) is 5.28. The Labute approximate surface area is 144 Å². The lowest BCUT2D eigenvalue weighted by atomic mass is 9.85. The summed E-state index contributed by atoms with van der Waals surface area (Å²) in [4.78, 5) is 17.1. The Hall–Kier alpha value is -1.94. The van der Waals surface area contributed by atoms with E-state index in [1.807, 2.05) is 6.07 Å². The van der Waals surface area contributed by atoms with E-state index in [1.165, 1.54) is 12.1 Å². The fraction of sp³-hybridized carbons (Fsp3) is 0.368. The number of pyridine rings is 1. The van der Waals surface area contributed by atoms with Gasteiger partial charge in [0.05, 0.1) is 11.6 Å². The average molecular weight is 346 g/mol. The number of ether oxygens (including phenoxy) is 1. The van der Waals surface area contributed by atoms with Crippen molar-refractivity contribution in [3.63, 3.8) is 0 Å². The van der Waals surface area contributed by atoms with E-state index < -0.39 is 5.82 Å². The zero-order valence-electron chi connectivity index (χ0n) is 13.5. The van der Waals surface area contributed by atoms with Crippen LogP contribution in [0.5, 0.6) is 5.75 Å². The summed E-state index contributed by atoms with van der Waals surface area (Å²) < 4.78 is 19.4. The maximum Gasteiger partial charge on any atom is 0.184 e. The van der Waals surface area contributed by atoms with Gasteiger partial charge in [-0.1, -0.05) is 25.4 Å². The molecule has 2 aromatic rings. The van der Waals surface area contributed by atoms with Crippen molar-refractivity contribution in [2.75, 3.05) is 6.61 Å². The summed E-state index contributed by atoms with van der Waals surface area (Å²) in [7, 11) is 0. The van der Waals surface area contributed by atoms with Gasteiger partial charge in [-0.15, -0.1) is 0 Å². The Kier molecular flexibility index (Phi) is 3.43. The number of nitrogens with zero attached hydrogens (tertiary/aromatic N) is 1. The van der Waals surface area contributed by atoms with Gasteiger partial charge in [0.2, 0.25) is 0 Å². The van der Waals surface area contributed by atoms with Crippen LogP contribution in [0.25, 0.3) is 11.3 Å². The van der Waals surface area contributed by atoms with Gasteiger partial charge in [-0.3, -0.25) is 4.79 Å². The number of benzene rings is 1. The van der Waals surface area contributed by atoms with E-state index in [9.17, 15) is 9.18 Å². The van der Waals surface area contributed by atoms with Crippen molar-refractivity contribution in [3.8, 4) is 17.0 Å². The number of rotatable bonds is 3. The Morgan fingerprint density at radius 2 is 2.08 bits per heavy atom. The molecule has 4 rings (SSSR count). The van der Waals surface area contributed by atoms with Gasteiger partial charge in [0.25, 0.3) is 0 Å². The molecule has 0 amide bonds. The van der Waals surface area contributed by atoms with Crippen LogP contribution in [0.15, 0.2) is 24.3 Å². The number of Topliss-reactive ketones (excluding diaryl/α,β-unsaturated/α-hetero) is 1. The third-order valence-corrected chi connectivity index (χ3v) is 4.96. The van der Waals surface area contributed by atoms with E-state index in [0.29, 0.717) is 29.3 Å². The molecule has 124 valence electrons. The predicted octanol–water partition coefficient (Wildman–Crippen LogP) is 4.80. The molecule has 24 heavy (non-hydrogen) atoms. The van der Waals surface area contributed by atoms with Crippen molar-refractivity contribution in [2.24, 2.45) is 5.92 Å². The topological polar surface area (TPSA) is 39.2 Å². The number of ketones is 1. The first kappa shape index (κ1) is 15.6. The molecule has 0 unspecified atom stereocenters. The zero-order valence-corrected chi connectivity index (χ0v) is 14.3. The van der Waals surface area contributed by atoms with Crippen molar-refractivity contribution in [1.29, 1.82) is 0 Å². The number of fused-ring (bicyclic) bond motifs is 1. The second-order valence-electron chi connectivity index (χ2n) is 7.17. The summed E-state index contributed by atoms with van der Waals surface area (Å²) in [5.41, 5.74) is 2.45. The van der Waals surface area contributed by atoms with E-state index in [4.69, 9.17) is 16.3 Å². The molecule has 1 aromatic carbocycles. The minimum atomic E-state index is -0.483. The lowest BCUT2D eigenvalue weighted by Crippen LogP contribution is -2.19. The largest absolute Gasteiger partial charge is 0.490 e. The maximum absolute atomic E-state index is 13.5. The van der Waals surface area contributed by atoms with Crippen LogP contribution in [0, 0.1) is 11.7 Å². The minimum Gasteiger partial charge on any atom is -0.490 e. The van der Waals surface area contributed by atoms with Crippen LogP contribution in [0.2, 0.25) is 5.02 Å². The standard InChI is InChI=1S/C19H17ClFNO2/c1-19(2)9-24-18-12(19)8-15(17(23)10-3-4-10)22-16(18)11-5-6-14(21)13(20)7-11/h5-8,10H,3-4,9H2,1-2H3. The third-order valence-electron chi connectivity index (χ3n) is 4.67. The highest BCUT2D eigenvalue weighted by molar-refractivity contribution is 6.31. The highest BCUT2D eigenvalue weighted by Crippen LogP contribution is 2.45. The monoisotopic (exact) mass is 345 g/mol. The van der Waals surface area contributed by atoms with Crippen LogP contribution in [0.1, 0.15) is 42.7 Å². The van der Waals surface area contributed by atoms with E-state index in [-0.39, 0.29) is 22.1 Å². The average Bonchev–Trinajstić information content (AvgIpc) is 3.34. The van der Waals surface area contributed by atoms with Crippen LogP contribution in [0.4, 0.5) is 4.39 Å². The van der Waals surface area contributed by atoms with Gasteiger partial charge >= 0.3 is 0 Å². The molecular formula is C19H17ClFNO2. The molecule has 0 atom stereocenters. The number of hydrogen-bond donors (Lipinski definition) is 0. The predicted molar refractivity (Wildman–Crippen MR) is 90.2 cm³/mol. The molecule has 1 aliphatic carbocycles. The summed E-state index contributed by atoms with van der Waals surface area (Å²) in [5, 5.41) is 0.0271. The first-order valence-electron chi connectivity index (χ1n) is 8.05. The zero-order chi connectivity index (χ0) is 17.1. The SMILES string of the molecule is CC1(C)COc2c1cc(C(=O)C1CC1)nc2-c1ccc(F)c(Cl)c1. The summed E-state index contributed by atoms with van der Waals surface area (Å²) in [6.45, 7) is 4.67. The van der Waals surface area contributed by atoms with Gasteiger partial charge in [-0.2, -0.15) is 0 Å².